The van der Waals surface area contributed by atoms with Crippen molar-refractivity contribution in [2.75, 3.05) is 6.54 Å². The summed E-state index contributed by atoms with van der Waals surface area (Å²) < 4.78 is 19.0. The predicted octanol–water partition coefficient (Wildman–Crippen LogP) is 2.64. The molecule has 5 nitrogen and oxygen atoms in total. The van der Waals surface area contributed by atoms with Gasteiger partial charge in [-0.15, -0.1) is 0 Å². The summed E-state index contributed by atoms with van der Waals surface area (Å²) in [7, 11) is 0. The summed E-state index contributed by atoms with van der Waals surface area (Å²) in [6, 6.07) is 4.11. The molecular weight excluding hydrogens is 251 g/mol. The van der Waals surface area contributed by atoms with Crippen molar-refractivity contribution in [3.05, 3.63) is 34.1 Å². The van der Waals surface area contributed by atoms with Crippen molar-refractivity contribution >= 4 is 5.69 Å². The SMILES string of the molecule is CCCNC1CC(Oc2c(F)cccc2[N+](=O)[O-])C1. The number of nitro benzene ring substituents is 1. The molecule has 0 saturated heterocycles. The van der Waals surface area contributed by atoms with Gasteiger partial charge in [-0.2, -0.15) is 0 Å². The number of para-hydroxylation sites is 1. The van der Waals surface area contributed by atoms with Crippen molar-refractivity contribution in [1.82, 2.24) is 5.32 Å². The van der Waals surface area contributed by atoms with E-state index < -0.39 is 10.7 Å². The standard InChI is InChI=1S/C13H17FN2O3/c1-2-6-15-9-7-10(8-9)19-13-11(14)4-3-5-12(13)16(17)18/h3-5,9-10,15H,2,6-8H2,1H3. The summed E-state index contributed by atoms with van der Waals surface area (Å²) in [6.45, 7) is 3.03. The molecule has 1 saturated carbocycles. The molecule has 1 aliphatic carbocycles. The number of hydrogen-bond acceptors (Lipinski definition) is 4. The van der Waals surface area contributed by atoms with E-state index in [1.807, 2.05) is 0 Å². The lowest BCUT2D eigenvalue weighted by Crippen LogP contribution is -2.47. The number of rotatable bonds is 6. The lowest BCUT2D eigenvalue weighted by molar-refractivity contribution is -0.386. The fraction of sp³-hybridized carbons (Fsp3) is 0.538. The van der Waals surface area contributed by atoms with Crippen LogP contribution in [0.2, 0.25) is 0 Å². The molecule has 6 heteroatoms. The van der Waals surface area contributed by atoms with Gasteiger partial charge in [0.1, 0.15) is 6.10 Å². The number of nitrogens with one attached hydrogen (secondary N) is 1. The molecule has 19 heavy (non-hydrogen) atoms. The molecule has 0 heterocycles. The predicted molar refractivity (Wildman–Crippen MR) is 68.8 cm³/mol. The summed E-state index contributed by atoms with van der Waals surface area (Å²) in [5, 5.41) is 14.1. The Bertz CT molecular complexity index is 461. The van der Waals surface area contributed by atoms with Gasteiger partial charge in [0.15, 0.2) is 5.82 Å². The Hall–Kier alpha value is -1.69. The smallest absolute Gasteiger partial charge is 0.314 e. The van der Waals surface area contributed by atoms with E-state index in [-0.39, 0.29) is 17.5 Å². The van der Waals surface area contributed by atoms with Gasteiger partial charge in [-0.1, -0.05) is 13.0 Å². The summed E-state index contributed by atoms with van der Waals surface area (Å²) >= 11 is 0. The van der Waals surface area contributed by atoms with Crippen LogP contribution in [0, 0.1) is 15.9 Å². The summed E-state index contributed by atoms with van der Waals surface area (Å²) in [6.07, 6.45) is 2.42. The van der Waals surface area contributed by atoms with Crippen LogP contribution in [0.25, 0.3) is 0 Å². The fourth-order valence-corrected chi connectivity index (χ4v) is 2.10. The minimum atomic E-state index is -0.681. The second-order valence-corrected chi connectivity index (χ2v) is 4.71. The zero-order valence-corrected chi connectivity index (χ0v) is 10.8. The van der Waals surface area contributed by atoms with Crippen LogP contribution < -0.4 is 10.1 Å². The highest BCUT2D eigenvalue weighted by atomic mass is 19.1. The van der Waals surface area contributed by atoms with Crippen LogP contribution in [-0.4, -0.2) is 23.6 Å². The van der Waals surface area contributed by atoms with E-state index in [1.54, 1.807) is 0 Å². The number of nitrogens with zero attached hydrogens (tertiary/aromatic N) is 1. The third kappa shape index (κ3) is 3.20. The number of nitro groups is 1. The molecule has 1 aromatic rings. The van der Waals surface area contributed by atoms with Gasteiger partial charge in [-0.05, 0) is 31.9 Å². The molecule has 1 aromatic carbocycles. The van der Waals surface area contributed by atoms with Gasteiger partial charge in [0.05, 0.1) is 4.92 Å². The van der Waals surface area contributed by atoms with Gasteiger partial charge in [0, 0.05) is 12.1 Å². The molecule has 0 bridgehead atoms. The van der Waals surface area contributed by atoms with Crippen LogP contribution in [-0.2, 0) is 0 Å². The first-order valence-electron chi connectivity index (χ1n) is 6.44. The maximum atomic E-state index is 13.6. The molecule has 0 spiro atoms. The Morgan fingerprint density at radius 3 is 2.89 bits per heavy atom. The summed E-state index contributed by atoms with van der Waals surface area (Å²) in [5.74, 6) is -0.925. The molecule has 0 amide bonds. The van der Waals surface area contributed by atoms with E-state index in [4.69, 9.17) is 4.74 Å². The third-order valence-electron chi connectivity index (χ3n) is 3.21. The quantitative estimate of drug-likeness (QED) is 0.636. The van der Waals surface area contributed by atoms with Crippen LogP contribution in [0.5, 0.6) is 5.75 Å². The second kappa shape index (κ2) is 5.97. The largest absolute Gasteiger partial charge is 0.481 e. The zero-order chi connectivity index (χ0) is 13.8. The van der Waals surface area contributed by atoms with Crippen molar-refractivity contribution in [2.45, 2.75) is 38.3 Å². The lowest BCUT2D eigenvalue weighted by atomic mass is 9.89. The molecular formula is C13H17FN2O3. The minimum absolute atomic E-state index is 0.148. The van der Waals surface area contributed by atoms with E-state index in [9.17, 15) is 14.5 Å². The van der Waals surface area contributed by atoms with Crippen LogP contribution in [0.1, 0.15) is 26.2 Å². The summed E-state index contributed by atoms with van der Waals surface area (Å²) in [4.78, 5) is 10.2. The maximum absolute atomic E-state index is 13.6. The highest BCUT2D eigenvalue weighted by Crippen LogP contribution is 2.34. The van der Waals surface area contributed by atoms with Crippen molar-refractivity contribution in [2.24, 2.45) is 0 Å². The van der Waals surface area contributed by atoms with Gasteiger partial charge in [-0.3, -0.25) is 10.1 Å². The van der Waals surface area contributed by atoms with Crippen molar-refractivity contribution in [3.8, 4) is 5.75 Å². The molecule has 0 aliphatic heterocycles. The number of benzene rings is 1. The fourth-order valence-electron chi connectivity index (χ4n) is 2.10. The first kappa shape index (κ1) is 13.7. The highest BCUT2D eigenvalue weighted by molar-refractivity contribution is 5.47. The zero-order valence-electron chi connectivity index (χ0n) is 10.8. The highest BCUT2D eigenvalue weighted by Gasteiger charge is 2.33. The average Bonchev–Trinajstić information content (AvgIpc) is 2.33. The number of ether oxygens (including phenoxy) is 1. The molecule has 0 aromatic heterocycles. The Balaban J connectivity index is 1.96. The topological polar surface area (TPSA) is 64.4 Å². The molecule has 0 radical (unpaired) electrons. The van der Waals surface area contributed by atoms with Crippen LogP contribution in [0.3, 0.4) is 0 Å². The molecule has 2 rings (SSSR count). The third-order valence-corrected chi connectivity index (χ3v) is 3.21. The van der Waals surface area contributed by atoms with Crippen molar-refractivity contribution < 1.29 is 14.1 Å². The first-order valence-corrected chi connectivity index (χ1v) is 6.44. The second-order valence-electron chi connectivity index (χ2n) is 4.71. The van der Waals surface area contributed by atoms with Crippen LogP contribution in [0.15, 0.2) is 18.2 Å². The molecule has 0 atom stereocenters. The molecule has 1 N–H and O–H groups in total. The van der Waals surface area contributed by atoms with E-state index in [0.717, 1.165) is 25.8 Å². The first-order chi connectivity index (χ1) is 9.11. The number of hydrogen-bond donors (Lipinski definition) is 1. The normalized spacial score (nSPS) is 21.8. The molecule has 1 fully saturated rings. The van der Waals surface area contributed by atoms with E-state index in [1.165, 1.54) is 18.2 Å². The van der Waals surface area contributed by atoms with Gasteiger partial charge in [0.2, 0.25) is 5.75 Å². The Labute approximate surface area is 110 Å². The van der Waals surface area contributed by atoms with E-state index in [0.29, 0.717) is 6.04 Å². The Kier molecular flexibility index (Phi) is 4.31. The summed E-state index contributed by atoms with van der Waals surface area (Å²) in [5.41, 5.74) is -0.315. The minimum Gasteiger partial charge on any atom is -0.481 e. The van der Waals surface area contributed by atoms with Crippen molar-refractivity contribution in [3.63, 3.8) is 0 Å². The maximum Gasteiger partial charge on any atom is 0.314 e. The number of halogens is 1. The van der Waals surface area contributed by atoms with Gasteiger partial charge < -0.3 is 10.1 Å². The van der Waals surface area contributed by atoms with Crippen molar-refractivity contribution in [1.29, 1.82) is 0 Å². The van der Waals surface area contributed by atoms with Gasteiger partial charge in [-0.25, -0.2) is 4.39 Å². The Morgan fingerprint density at radius 2 is 2.26 bits per heavy atom. The average molecular weight is 268 g/mol. The van der Waals surface area contributed by atoms with Crippen LogP contribution >= 0.6 is 0 Å². The molecule has 0 unspecified atom stereocenters. The lowest BCUT2D eigenvalue weighted by Gasteiger charge is -2.35. The van der Waals surface area contributed by atoms with E-state index >= 15 is 0 Å². The monoisotopic (exact) mass is 268 g/mol. The Morgan fingerprint density at radius 1 is 1.53 bits per heavy atom. The van der Waals surface area contributed by atoms with Crippen LogP contribution in [0.4, 0.5) is 10.1 Å². The molecule has 104 valence electrons. The van der Waals surface area contributed by atoms with Gasteiger partial charge in [0.25, 0.3) is 0 Å². The van der Waals surface area contributed by atoms with Gasteiger partial charge >= 0.3 is 5.69 Å². The molecule has 1 aliphatic rings. The van der Waals surface area contributed by atoms with E-state index in [2.05, 4.69) is 12.2 Å².